The fourth-order valence-corrected chi connectivity index (χ4v) is 3.99. The standard InChI is InChI=1S/C11H13ClN2S2/c1-7-5-15-10-9(7)13-6-14-11(10)16-8(2)3-4-12/h5-6,8H,3-4H2,1-2H3. The van der Waals surface area contributed by atoms with Crippen LogP contribution in [0, 0.1) is 6.92 Å². The van der Waals surface area contributed by atoms with Crippen molar-refractivity contribution in [3.63, 3.8) is 0 Å². The van der Waals surface area contributed by atoms with E-state index in [1.165, 1.54) is 10.3 Å². The predicted molar refractivity (Wildman–Crippen MR) is 72.8 cm³/mol. The molecule has 0 radical (unpaired) electrons. The molecule has 16 heavy (non-hydrogen) atoms. The molecule has 0 N–H and O–H groups in total. The highest BCUT2D eigenvalue weighted by Crippen LogP contribution is 2.33. The highest BCUT2D eigenvalue weighted by atomic mass is 35.5. The molecule has 5 heteroatoms. The molecule has 1 unspecified atom stereocenters. The first-order valence-corrected chi connectivity index (χ1v) is 7.43. The van der Waals surface area contributed by atoms with E-state index in [2.05, 4.69) is 29.2 Å². The highest BCUT2D eigenvalue weighted by molar-refractivity contribution is 8.00. The molecule has 0 aliphatic heterocycles. The number of alkyl halides is 1. The molecule has 0 fully saturated rings. The first kappa shape index (κ1) is 12.1. The molecule has 0 saturated heterocycles. The van der Waals surface area contributed by atoms with E-state index >= 15 is 0 Å². The van der Waals surface area contributed by atoms with Gasteiger partial charge in [0.15, 0.2) is 0 Å². The van der Waals surface area contributed by atoms with Crippen LogP contribution in [0.15, 0.2) is 16.7 Å². The van der Waals surface area contributed by atoms with Crippen LogP contribution in [0.3, 0.4) is 0 Å². The third-order valence-electron chi connectivity index (χ3n) is 2.33. The van der Waals surface area contributed by atoms with Crippen LogP contribution in [0.4, 0.5) is 0 Å². The van der Waals surface area contributed by atoms with E-state index in [0.717, 1.165) is 17.0 Å². The van der Waals surface area contributed by atoms with Gasteiger partial charge in [0.05, 0.1) is 10.2 Å². The zero-order valence-corrected chi connectivity index (χ0v) is 11.6. The van der Waals surface area contributed by atoms with Gasteiger partial charge in [-0.3, -0.25) is 0 Å². The van der Waals surface area contributed by atoms with E-state index in [1.54, 1.807) is 29.4 Å². The number of fused-ring (bicyclic) bond motifs is 1. The van der Waals surface area contributed by atoms with Gasteiger partial charge < -0.3 is 0 Å². The summed E-state index contributed by atoms with van der Waals surface area (Å²) >= 11 is 9.25. The summed E-state index contributed by atoms with van der Waals surface area (Å²) in [6, 6.07) is 0. The van der Waals surface area contributed by atoms with E-state index in [4.69, 9.17) is 11.6 Å². The SMILES string of the molecule is Cc1csc2c(SC(C)CCCl)ncnc12. The Kier molecular flexibility index (Phi) is 4.05. The fraction of sp³-hybridized carbons (Fsp3) is 0.455. The van der Waals surface area contributed by atoms with Gasteiger partial charge in [-0.2, -0.15) is 0 Å². The molecule has 0 amide bonds. The average molecular weight is 273 g/mol. The molecule has 86 valence electrons. The number of thioether (sulfide) groups is 1. The Bertz CT molecular complexity index is 484. The lowest BCUT2D eigenvalue weighted by atomic mass is 10.3. The molecule has 0 spiro atoms. The minimum atomic E-state index is 0.498. The van der Waals surface area contributed by atoms with Crippen molar-refractivity contribution in [3.8, 4) is 0 Å². The zero-order valence-electron chi connectivity index (χ0n) is 9.24. The second-order valence-corrected chi connectivity index (χ2v) is 6.37. The summed E-state index contributed by atoms with van der Waals surface area (Å²) in [5.41, 5.74) is 2.31. The van der Waals surface area contributed by atoms with E-state index in [1.807, 2.05) is 0 Å². The topological polar surface area (TPSA) is 25.8 Å². The summed E-state index contributed by atoms with van der Waals surface area (Å²) < 4.78 is 1.20. The average Bonchev–Trinajstić information content (AvgIpc) is 2.62. The first-order chi connectivity index (χ1) is 7.72. The van der Waals surface area contributed by atoms with Crippen molar-refractivity contribution < 1.29 is 0 Å². The van der Waals surface area contributed by atoms with Crippen LogP contribution < -0.4 is 0 Å². The monoisotopic (exact) mass is 272 g/mol. The van der Waals surface area contributed by atoms with E-state index < -0.39 is 0 Å². The number of nitrogens with zero attached hydrogens (tertiary/aromatic N) is 2. The van der Waals surface area contributed by atoms with Crippen molar-refractivity contribution in [1.82, 2.24) is 9.97 Å². The van der Waals surface area contributed by atoms with Crippen molar-refractivity contribution in [2.24, 2.45) is 0 Å². The summed E-state index contributed by atoms with van der Waals surface area (Å²) in [5, 5.41) is 3.72. The van der Waals surface area contributed by atoms with Gasteiger partial charge in [0.1, 0.15) is 11.4 Å². The maximum atomic E-state index is 5.74. The Morgan fingerprint density at radius 3 is 3.06 bits per heavy atom. The van der Waals surface area contributed by atoms with E-state index in [0.29, 0.717) is 11.1 Å². The maximum Gasteiger partial charge on any atom is 0.118 e. The van der Waals surface area contributed by atoms with Gasteiger partial charge in [-0.15, -0.1) is 34.7 Å². The minimum absolute atomic E-state index is 0.498. The van der Waals surface area contributed by atoms with Crippen molar-refractivity contribution in [2.75, 3.05) is 5.88 Å². The van der Waals surface area contributed by atoms with Gasteiger partial charge in [0.2, 0.25) is 0 Å². The molecule has 2 heterocycles. The molecule has 0 aliphatic rings. The van der Waals surface area contributed by atoms with Crippen LogP contribution >= 0.6 is 34.7 Å². The molecule has 2 nitrogen and oxygen atoms in total. The quantitative estimate of drug-likeness (QED) is 0.476. The Morgan fingerprint density at radius 2 is 2.31 bits per heavy atom. The summed E-state index contributed by atoms with van der Waals surface area (Å²) in [5.74, 6) is 0.700. The van der Waals surface area contributed by atoms with Crippen molar-refractivity contribution in [3.05, 3.63) is 17.3 Å². The summed E-state index contributed by atoms with van der Waals surface area (Å²) in [6.07, 6.45) is 2.65. The van der Waals surface area contributed by atoms with E-state index in [-0.39, 0.29) is 0 Å². The normalized spacial score (nSPS) is 13.2. The number of aryl methyl sites for hydroxylation is 1. The van der Waals surface area contributed by atoms with Crippen molar-refractivity contribution >= 4 is 44.9 Å². The summed E-state index contributed by atoms with van der Waals surface area (Å²) in [6.45, 7) is 4.27. The molecule has 0 saturated carbocycles. The van der Waals surface area contributed by atoms with Gasteiger partial charge in [0, 0.05) is 11.1 Å². The number of halogens is 1. The van der Waals surface area contributed by atoms with Gasteiger partial charge in [-0.05, 0) is 24.3 Å². The molecule has 2 aromatic rings. The van der Waals surface area contributed by atoms with Gasteiger partial charge in [0.25, 0.3) is 0 Å². The predicted octanol–water partition coefficient (Wildman–Crippen LogP) is 4.11. The summed E-state index contributed by atoms with van der Waals surface area (Å²) in [4.78, 5) is 8.68. The third kappa shape index (κ3) is 2.50. The Balaban J connectivity index is 2.30. The van der Waals surface area contributed by atoms with Crippen LogP contribution in [-0.4, -0.2) is 21.1 Å². The lowest BCUT2D eigenvalue weighted by Crippen LogP contribution is -1.97. The van der Waals surface area contributed by atoms with Crippen LogP contribution in [0.2, 0.25) is 0 Å². The van der Waals surface area contributed by atoms with Crippen molar-refractivity contribution in [1.29, 1.82) is 0 Å². The lowest BCUT2D eigenvalue weighted by Gasteiger charge is -2.08. The molecule has 1 atom stereocenters. The molecular formula is C11H13ClN2S2. The van der Waals surface area contributed by atoms with Gasteiger partial charge in [-0.1, -0.05) is 6.92 Å². The molecule has 2 rings (SSSR count). The van der Waals surface area contributed by atoms with E-state index in [9.17, 15) is 0 Å². The molecular weight excluding hydrogens is 260 g/mol. The minimum Gasteiger partial charge on any atom is -0.235 e. The van der Waals surface area contributed by atoms with Gasteiger partial charge in [-0.25, -0.2) is 9.97 Å². The molecule has 2 aromatic heterocycles. The van der Waals surface area contributed by atoms with Crippen molar-refractivity contribution in [2.45, 2.75) is 30.5 Å². The second kappa shape index (κ2) is 5.34. The molecule has 0 aromatic carbocycles. The maximum absolute atomic E-state index is 5.74. The Hall–Kier alpha value is -0.320. The number of thiophene rings is 1. The molecule has 0 bridgehead atoms. The first-order valence-electron chi connectivity index (χ1n) is 5.13. The number of hydrogen-bond acceptors (Lipinski definition) is 4. The summed E-state index contributed by atoms with van der Waals surface area (Å²) in [7, 11) is 0. The molecule has 0 aliphatic carbocycles. The third-order valence-corrected chi connectivity index (χ3v) is 4.94. The van der Waals surface area contributed by atoms with Crippen LogP contribution in [0.5, 0.6) is 0 Å². The fourth-order valence-electron chi connectivity index (χ4n) is 1.43. The lowest BCUT2D eigenvalue weighted by molar-refractivity contribution is 0.908. The Labute approximate surface area is 108 Å². The largest absolute Gasteiger partial charge is 0.235 e. The number of hydrogen-bond donors (Lipinski definition) is 0. The van der Waals surface area contributed by atoms with Crippen LogP contribution in [0.25, 0.3) is 10.2 Å². The second-order valence-electron chi connectivity index (χ2n) is 3.68. The number of aromatic nitrogens is 2. The smallest absolute Gasteiger partial charge is 0.118 e. The van der Waals surface area contributed by atoms with Gasteiger partial charge >= 0.3 is 0 Å². The van der Waals surface area contributed by atoms with Crippen LogP contribution in [-0.2, 0) is 0 Å². The van der Waals surface area contributed by atoms with Crippen LogP contribution in [0.1, 0.15) is 18.9 Å². The Morgan fingerprint density at radius 1 is 1.50 bits per heavy atom. The highest BCUT2D eigenvalue weighted by Gasteiger charge is 2.11. The zero-order chi connectivity index (χ0) is 11.5. The number of rotatable bonds is 4.